The summed E-state index contributed by atoms with van der Waals surface area (Å²) in [6.45, 7) is 0.952. The van der Waals surface area contributed by atoms with E-state index in [1.165, 1.54) is 0 Å². The molecule has 1 amide bonds. The summed E-state index contributed by atoms with van der Waals surface area (Å²) in [5, 5.41) is 12.8. The van der Waals surface area contributed by atoms with E-state index in [4.69, 9.17) is 5.73 Å². The Kier molecular flexibility index (Phi) is 5.65. The van der Waals surface area contributed by atoms with E-state index >= 15 is 0 Å². The minimum atomic E-state index is -0.212. The van der Waals surface area contributed by atoms with Gasteiger partial charge in [-0.3, -0.25) is 4.79 Å². The van der Waals surface area contributed by atoms with Gasteiger partial charge in [-0.15, -0.1) is 0 Å². The predicted octanol–water partition coefficient (Wildman–Crippen LogP) is 0.535. The van der Waals surface area contributed by atoms with Gasteiger partial charge in [0.2, 0.25) is 5.91 Å². The molecule has 4 heteroatoms. The fourth-order valence-corrected chi connectivity index (χ4v) is 2.01. The number of hydrogen-bond donors (Lipinski definition) is 3. The lowest BCUT2D eigenvalue weighted by Crippen LogP contribution is -2.35. The van der Waals surface area contributed by atoms with Crippen LogP contribution in [0.4, 0.5) is 0 Å². The quantitative estimate of drug-likeness (QED) is 0.565. The maximum atomic E-state index is 10.5. The molecule has 0 bridgehead atoms. The molecule has 4 N–H and O–H groups in total. The summed E-state index contributed by atoms with van der Waals surface area (Å²) in [5.74, 6) is -0.212. The summed E-state index contributed by atoms with van der Waals surface area (Å²) < 4.78 is 0. The molecule has 0 unspecified atom stereocenters. The van der Waals surface area contributed by atoms with Gasteiger partial charge in [-0.2, -0.15) is 0 Å². The number of amides is 1. The molecule has 88 valence electrons. The van der Waals surface area contributed by atoms with Crippen LogP contribution < -0.4 is 11.1 Å². The van der Waals surface area contributed by atoms with Crippen molar-refractivity contribution in [3.8, 4) is 0 Å². The van der Waals surface area contributed by atoms with Gasteiger partial charge in [-0.1, -0.05) is 0 Å². The summed E-state index contributed by atoms with van der Waals surface area (Å²) in [7, 11) is 0. The van der Waals surface area contributed by atoms with Crippen molar-refractivity contribution in [1.29, 1.82) is 0 Å². The monoisotopic (exact) mass is 214 g/mol. The zero-order valence-corrected chi connectivity index (χ0v) is 9.24. The number of aliphatic hydroxyl groups is 1. The molecule has 4 nitrogen and oxygen atoms in total. The summed E-state index contributed by atoms with van der Waals surface area (Å²) in [5.41, 5.74) is 5.05. The van der Waals surface area contributed by atoms with Crippen LogP contribution in [-0.4, -0.2) is 29.7 Å². The molecule has 1 saturated carbocycles. The van der Waals surface area contributed by atoms with Crippen molar-refractivity contribution in [2.45, 2.75) is 57.1 Å². The summed E-state index contributed by atoms with van der Waals surface area (Å²) in [4.78, 5) is 10.5. The maximum Gasteiger partial charge on any atom is 0.217 e. The minimum absolute atomic E-state index is 0.0853. The van der Waals surface area contributed by atoms with E-state index in [2.05, 4.69) is 5.32 Å². The van der Waals surface area contributed by atoms with Gasteiger partial charge >= 0.3 is 0 Å². The Morgan fingerprint density at radius 3 is 2.53 bits per heavy atom. The molecule has 1 aliphatic rings. The molecule has 0 aromatic heterocycles. The molecule has 15 heavy (non-hydrogen) atoms. The number of carbonyl (C=O) groups is 1. The smallest absolute Gasteiger partial charge is 0.217 e. The zero-order valence-electron chi connectivity index (χ0n) is 9.24. The van der Waals surface area contributed by atoms with E-state index in [-0.39, 0.29) is 12.0 Å². The first-order chi connectivity index (χ1) is 7.18. The highest BCUT2D eigenvalue weighted by Gasteiger charge is 2.18. The van der Waals surface area contributed by atoms with Crippen molar-refractivity contribution in [2.24, 2.45) is 5.73 Å². The third-order valence-electron chi connectivity index (χ3n) is 2.98. The van der Waals surface area contributed by atoms with Gasteiger partial charge in [0.15, 0.2) is 0 Å². The van der Waals surface area contributed by atoms with Crippen LogP contribution >= 0.6 is 0 Å². The largest absolute Gasteiger partial charge is 0.393 e. The summed E-state index contributed by atoms with van der Waals surface area (Å²) in [6, 6.07) is 0.557. The maximum absolute atomic E-state index is 10.5. The molecule has 0 aliphatic heterocycles. The highest BCUT2D eigenvalue weighted by molar-refractivity contribution is 5.73. The molecule has 0 radical (unpaired) electrons. The van der Waals surface area contributed by atoms with E-state index in [9.17, 15) is 9.90 Å². The fraction of sp³-hybridized carbons (Fsp3) is 0.909. The molecule has 0 aromatic carbocycles. The highest BCUT2D eigenvalue weighted by Crippen LogP contribution is 2.18. The SMILES string of the molecule is NC(=O)CCCCNC1CCC(O)CC1. The molecule has 1 aliphatic carbocycles. The van der Waals surface area contributed by atoms with E-state index in [1.54, 1.807) is 0 Å². The van der Waals surface area contributed by atoms with Gasteiger partial charge in [0.05, 0.1) is 6.10 Å². The van der Waals surface area contributed by atoms with Crippen LogP contribution in [0.5, 0.6) is 0 Å². The molecule has 0 aromatic rings. The zero-order chi connectivity index (χ0) is 11.1. The number of primary amides is 1. The fourth-order valence-electron chi connectivity index (χ4n) is 2.01. The van der Waals surface area contributed by atoms with Gasteiger partial charge in [-0.25, -0.2) is 0 Å². The normalized spacial score (nSPS) is 26.5. The molecule has 0 atom stereocenters. The van der Waals surface area contributed by atoms with E-state index in [0.717, 1.165) is 45.1 Å². The predicted molar refractivity (Wildman–Crippen MR) is 59.3 cm³/mol. The van der Waals surface area contributed by atoms with Gasteiger partial charge < -0.3 is 16.2 Å². The van der Waals surface area contributed by atoms with Crippen LogP contribution in [0, 0.1) is 0 Å². The number of unbranched alkanes of at least 4 members (excludes halogenated alkanes) is 1. The van der Waals surface area contributed by atoms with Crippen molar-refractivity contribution in [2.75, 3.05) is 6.54 Å². The lowest BCUT2D eigenvalue weighted by molar-refractivity contribution is -0.118. The Bertz CT molecular complexity index is 189. The van der Waals surface area contributed by atoms with E-state index in [1.807, 2.05) is 0 Å². The summed E-state index contributed by atoms with van der Waals surface area (Å²) >= 11 is 0. The van der Waals surface area contributed by atoms with Crippen LogP contribution in [-0.2, 0) is 4.79 Å². The van der Waals surface area contributed by atoms with Crippen LogP contribution in [0.15, 0.2) is 0 Å². The van der Waals surface area contributed by atoms with Crippen molar-refractivity contribution < 1.29 is 9.90 Å². The third-order valence-corrected chi connectivity index (χ3v) is 2.98. The van der Waals surface area contributed by atoms with Crippen LogP contribution in [0.1, 0.15) is 44.9 Å². The first-order valence-corrected chi connectivity index (χ1v) is 5.88. The molecular weight excluding hydrogens is 192 g/mol. The number of carbonyl (C=O) groups excluding carboxylic acids is 1. The van der Waals surface area contributed by atoms with Gasteiger partial charge in [0.1, 0.15) is 0 Å². The average Bonchev–Trinajstić information content (AvgIpc) is 2.20. The Hall–Kier alpha value is -0.610. The molecule has 0 spiro atoms. The van der Waals surface area contributed by atoms with Crippen LogP contribution in [0.3, 0.4) is 0 Å². The van der Waals surface area contributed by atoms with Gasteiger partial charge in [0.25, 0.3) is 0 Å². The van der Waals surface area contributed by atoms with Crippen molar-refractivity contribution >= 4 is 5.91 Å². The molecule has 0 saturated heterocycles. The number of aliphatic hydroxyl groups excluding tert-OH is 1. The molecular formula is C11H22N2O2. The lowest BCUT2D eigenvalue weighted by Gasteiger charge is -2.26. The number of nitrogens with two attached hydrogens (primary N) is 1. The number of nitrogens with one attached hydrogen (secondary N) is 1. The Balaban J connectivity index is 1.94. The molecule has 1 rings (SSSR count). The first-order valence-electron chi connectivity index (χ1n) is 5.88. The highest BCUT2D eigenvalue weighted by atomic mass is 16.3. The Morgan fingerprint density at radius 2 is 1.93 bits per heavy atom. The second kappa shape index (κ2) is 6.80. The van der Waals surface area contributed by atoms with Gasteiger partial charge in [-0.05, 0) is 45.1 Å². The van der Waals surface area contributed by atoms with Crippen molar-refractivity contribution in [3.63, 3.8) is 0 Å². The van der Waals surface area contributed by atoms with Crippen molar-refractivity contribution in [1.82, 2.24) is 5.32 Å². The first kappa shape index (κ1) is 12.5. The second-order valence-corrected chi connectivity index (χ2v) is 4.38. The van der Waals surface area contributed by atoms with Gasteiger partial charge in [0, 0.05) is 12.5 Å². The van der Waals surface area contributed by atoms with E-state index < -0.39 is 0 Å². The standard InChI is InChI=1S/C11H22N2O2/c12-11(15)3-1-2-8-13-9-4-6-10(14)7-5-9/h9-10,13-14H,1-8H2,(H2,12,15). The molecule has 0 heterocycles. The Morgan fingerprint density at radius 1 is 1.27 bits per heavy atom. The topological polar surface area (TPSA) is 75.4 Å². The lowest BCUT2D eigenvalue weighted by atomic mass is 9.93. The van der Waals surface area contributed by atoms with Crippen LogP contribution in [0.2, 0.25) is 0 Å². The minimum Gasteiger partial charge on any atom is -0.393 e. The number of rotatable bonds is 6. The molecule has 1 fully saturated rings. The van der Waals surface area contributed by atoms with Crippen molar-refractivity contribution in [3.05, 3.63) is 0 Å². The van der Waals surface area contributed by atoms with Crippen LogP contribution in [0.25, 0.3) is 0 Å². The summed E-state index contributed by atoms with van der Waals surface area (Å²) in [6.07, 6.45) is 6.24. The number of hydrogen-bond acceptors (Lipinski definition) is 3. The Labute approximate surface area is 91.2 Å². The average molecular weight is 214 g/mol. The second-order valence-electron chi connectivity index (χ2n) is 4.38. The van der Waals surface area contributed by atoms with E-state index in [0.29, 0.717) is 12.5 Å². The third kappa shape index (κ3) is 5.74.